The number of likely N-dealkylation sites (tertiary alicyclic amines) is 1. The monoisotopic (exact) mass is 463 g/mol. The molecular formula is C22H32F3NO6. The van der Waals surface area contributed by atoms with E-state index in [9.17, 15) is 13.2 Å². The van der Waals surface area contributed by atoms with Gasteiger partial charge in [-0.3, -0.25) is 0 Å². The first-order valence-corrected chi connectivity index (χ1v) is 10.6. The molecule has 2 N–H and O–H groups in total. The van der Waals surface area contributed by atoms with Gasteiger partial charge < -0.3 is 24.6 Å². The van der Waals surface area contributed by atoms with E-state index in [-0.39, 0.29) is 11.9 Å². The lowest BCUT2D eigenvalue weighted by molar-refractivity contribution is -0.159. The Hall–Kier alpha value is -2.33. The third-order valence-corrected chi connectivity index (χ3v) is 5.26. The maximum absolute atomic E-state index is 12.7. The van der Waals surface area contributed by atoms with Crippen molar-refractivity contribution in [2.24, 2.45) is 5.92 Å². The van der Waals surface area contributed by atoms with Crippen molar-refractivity contribution >= 4 is 11.9 Å². The molecule has 7 nitrogen and oxygen atoms in total. The highest BCUT2D eigenvalue weighted by atomic mass is 19.4. The standard InChI is InChI=1S/C20H30F3NO2.C2H2O4/c1-3-4-5-11-24-12-9-16(19(15-24)25-2)10-13-26-18-8-6-7-17(14-18)20(21,22)23;3-1(4)2(5)6/h6-8,14,16,19H,3-5,9-13,15H2,1-2H3;(H,3,4)(H,5,6)/t16-,19-;/m1./s1. The minimum atomic E-state index is -4.34. The van der Waals surface area contributed by atoms with Gasteiger partial charge in [-0.05, 0) is 56.5 Å². The zero-order valence-corrected chi connectivity index (χ0v) is 18.4. The molecule has 0 bridgehead atoms. The molecule has 0 saturated carbocycles. The van der Waals surface area contributed by atoms with Crippen LogP contribution in [0.5, 0.6) is 5.75 Å². The molecule has 1 saturated heterocycles. The van der Waals surface area contributed by atoms with Crippen LogP contribution in [-0.2, 0) is 20.5 Å². The van der Waals surface area contributed by atoms with Crippen molar-refractivity contribution in [3.8, 4) is 5.75 Å². The summed E-state index contributed by atoms with van der Waals surface area (Å²) in [5, 5.41) is 14.8. The molecule has 0 spiro atoms. The van der Waals surface area contributed by atoms with Gasteiger partial charge in [0.25, 0.3) is 0 Å². The van der Waals surface area contributed by atoms with E-state index in [0.29, 0.717) is 12.5 Å². The molecule has 1 heterocycles. The topological polar surface area (TPSA) is 96.3 Å². The van der Waals surface area contributed by atoms with E-state index in [4.69, 9.17) is 29.3 Å². The highest BCUT2D eigenvalue weighted by Crippen LogP contribution is 2.31. The van der Waals surface area contributed by atoms with Gasteiger partial charge in [-0.25, -0.2) is 9.59 Å². The van der Waals surface area contributed by atoms with E-state index in [2.05, 4.69) is 11.8 Å². The quantitative estimate of drug-likeness (QED) is 0.419. The molecule has 1 aromatic rings. The predicted octanol–water partition coefficient (Wildman–Crippen LogP) is 4.16. The minimum Gasteiger partial charge on any atom is -0.494 e. The van der Waals surface area contributed by atoms with Crippen LogP contribution in [0.1, 0.15) is 44.6 Å². The molecule has 0 radical (unpaired) electrons. The number of carbonyl (C=O) groups is 2. The summed E-state index contributed by atoms with van der Waals surface area (Å²) >= 11 is 0. The number of rotatable bonds is 9. The normalized spacial score (nSPS) is 19.0. The first-order chi connectivity index (χ1) is 15.1. The van der Waals surface area contributed by atoms with Gasteiger partial charge in [-0.1, -0.05) is 25.8 Å². The molecule has 0 unspecified atom stereocenters. The lowest BCUT2D eigenvalue weighted by Crippen LogP contribution is -2.45. The van der Waals surface area contributed by atoms with Crippen molar-refractivity contribution in [2.75, 3.05) is 33.4 Å². The van der Waals surface area contributed by atoms with Gasteiger partial charge in [0.1, 0.15) is 5.75 Å². The van der Waals surface area contributed by atoms with Crippen molar-refractivity contribution in [2.45, 2.75) is 51.3 Å². The number of nitrogens with zero attached hydrogens (tertiary/aromatic N) is 1. The van der Waals surface area contributed by atoms with Gasteiger partial charge in [0.2, 0.25) is 0 Å². The highest BCUT2D eigenvalue weighted by Gasteiger charge is 2.31. The van der Waals surface area contributed by atoms with Crippen LogP contribution in [0.4, 0.5) is 13.2 Å². The van der Waals surface area contributed by atoms with E-state index in [1.54, 1.807) is 13.2 Å². The van der Waals surface area contributed by atoms with Crippen LogP contribution in [0, 0.1) is 5.92 Å². The number of piperidine rings is 1. The summed E-state index contributed by atoms with van der Waals surface area (Å²) in [6, 6.07) is 5.07. The molecule has 182 valence electrons. The fraction of sp³-hybridized carbons (Fsp3) is 0.636. The summed E-state index contributed by atoms with van der Waals surface area (Å²) in [7, 11) is 1.74. The molecule has 10 heteroatoms. The van der Waals surface area contributed by atoms with Crippen molar-refractivity contribution in [3.63, 3.8) is 0 Å². The third kappa shape index (κ3) is 10.3. The van der Waals surface area contributed by atoms with Gasteiger partial charge in [0.05, 0.1) is 18.3 Å². The molecule has 1 aliphatic rings. The van der Waals surface area contributed by atoms with Gasteiger partial charge in [-0.2, -0.15) is 13.2 Å². The Kier molecular flexibility index (Phi) is 12.1. The summed E-state index contributed by atoms with van der Waals surface area (Å²) in [6.45, 7) is 5.70. The Morgan fingerprint density at radius 3 is 2.44 bits per heavy atom. The second-order valence-corrected chi connectivity index (χ2v) is 7.60. The zero-order chi connectivity index (χ0) is 24.1. The Morgan fingerprint density at radius 2 is 1.88 bits per heavy atom. The molecule has 2 rings (SSSR count). The summed E-state index contributed by atoms with van der Waals surface area (Å²) in [6.07, 6.45) is 1.34. The van der Waals surface area contributed by atoms with E-state index in [1.807, 2.05) is 0 Å². The summed E-state index contributed by atoms with van der Waals surface area (Å²) in [5.41, 5.74) is -0.676. The Balaban J connectivity index is 0.000000751. The van der Waals surface area contributed by atoms with E-state index >= 15 is 0 Å². The maximum Gasteiger partial charge on any atom is 0.416 e. The van der Waals surface area contributed by atoms with Crippen LogP contribution in [-0.4, -0.2) is 66.5 Å². The Morgan fingerprint density at radius 1 is 1.19 bits per heavy atom. The predicted molar refractivity (Wildman–Crippen MR) is 112 cm³/mol. The van der Waals surface area contributed by atoms with Crippen molar-refractivity contribution in [1.82, 2.24) is 4.90 Å². The number of halogens is 3. The van der Waals surface area contributed by atoms with Gasteiger partial charge in [-0.15, -0.1) is 0 Å². The Labute approximate surface area is 186 Å². The van der Waals surface area contributed by atoms with Gasteiger partial charge in [0, 0.05) is 13.7 Å². The van der Waals surface area contributed by atoms with E-state index in [0.717, 1.165) is 44.6 Å². The van der Waals surface area contributed by atoms with Crippen LogP contribution in [0.2, 0.25) is 0 Å². The average Bonchev–Trinajstić information content (AvgIpc) is 2.74. The molecule has 1 aliphatic heterocycles. The van der Waals surface area contributed by atoms with Crippen molar-refractivity contribution < 1.29 is 42.4 Å². The van der Waals surface area contributed by atoms with E-state index < -0.39 is 23.7 Å². The molecule has 1 fully saturated rings. The summed E-state index contributed by atoms with van der Waals surface area (Å²) in [4.78, 5) is 20.7. The smallest absolute Gasteiger partial charge is 0.416 e. The fourth-order valence-corrected chi connectivity index (χ4v) is 3.51. The molecular weight excluding hydrogens is 431 g/mol. The number of hydrogen-bond acceptors (Lipinski definition) is 5. The number of ether oxygens (including phenoxy) is 2. The van der Waals surface area contributed by atoms with Crippen molar-refractivity contribution in [1.29, 1.82) is 0 Å². The molecule has 1 aromatic carbocycles. The van der Waals surface area contributed by atoms with Crippen LogP contribution in [0.3, 0.4) is 0 Å². The molecule has 0 amide bonds. The average molecular weight is 463 g/mol. The second kappa shape index (κ2) is 13.9. The maximum atomic E-state index is 12.7. The van der Waals surface area contributed by atoms with E-state index in [1.165, 1.54) is 25.3 Å². The number of carboxylic acids is 2. The Bertz CT molecular complexity index is 701. The van der Waals surface area contributed by atoms with Crippen LogP contribution >= 0.6 is 0 Å². The van der Waals surface area contributed by atoms with Crippen LogP contribution in [0.25, 0.3) is 0 Å². The number of benzene rings is 1. The summed E-state index contributed by atoms with van der Waals surface area (Å²) in [5.74, 6) is -3.00. The number of methoxy groups -OCH3 is 1. The molecule has 0 aliphatic carbocycles. The third-order valence-electron chi connectivity index (χ3n) is 5.26. The lowest BCUT2D eigenvalue weighted by atomic mass is 9.90. The minimum absolute atomic E-state index is 0.162. The van der Waals surface area contributed by atoms with Crippen LogP contribution in [0.15, 0.2) is 24.3 Å². The lowest BCUT2D eigenvalue weighted by Gasteiger charge is -2.37. The SMILES string of the molecule is CCCCCN1CC[C@H](CCOc2cccc(C(F)(F)F)c2)[C@H](OC)C1.O=C(O)C(=O)O. The highest BCUT2D eigenvalue weighted by molar-refractivity contribution is 6.27. The zero-order valence-electron chi connectivity index (χ0n) is 18.4. The number of unbranched alkanes of at least 4 members (excludes halogenated alkanes) is 2. The summed E-state index contributed by atoms with van der Waals surface area (Å²) < 4.78 is 49.5. The van der Waals surface area contributed by atoms with Crippen LogP contribution < -0.4 is 4.74 Å². The van der Waals surface area contributed by atoms with Crippen molar-refractivity contribution in [3.05, 3.63) is 29.8 Å². The number of alkyl halides is 3. The first kappa shape index (κ1) is 27.7. The molecule has 0 aromatic heterocycles. The largest absolute Gasteiger partial charge is 0.494 e. The van der Waals surface area contributed by atoms with Gasteiger partial charge >= 0.3 is 18.1 Å². The number of aliphatic carboxylic acids is 2. The fourth-order valence-electron chi connectivity index (χ4n) is 3.51. The second-order valence-electron chi connectivity index (χ2n) is 7.60. The first-order valence-electron chi connectivity index (χ1n) is 10.6. The number of hydrogen-bond donors (Lipinski definition) is 2. The molecule has 32 heavy (non-hydrogen) atoms. The van der Waals surface area contributed by atoms with Gasteiger partial charge in [0.15, 0.2) is 0 Å². The number of carboxylic acid groups (broad SMARTS) is 2. The molecule has 2 atom stereocenters.